The van der Waals surface area contributed by atoms with Crippen LogP contribution in [0.15, 0.2) is 48.7 Å². The molecule has 0 unspecified atom stereocenters. The SMILES string of the molecule is O=[N+]([O-])c1ccc(COc2ccc3[nH]ncc3c2)cc1. The number of hydrogen-bond donors (Lipinski definition) is 1. The highest BCUT2D eigenvalue weighted by molar-refractivity contribution is 5.79. The molecule has 3 aromatic rings. The molecule has 0 amide bonds. The molecule has 0 fully saturated rings. The summed E-state index contributed by atoms with van der Waals surface area (Å²) in [5.74, 6) is 0.734. The van der Waals surface area contributed by atoms with Crippen molar-refractivity contribution in [3.05, 3.63) is 64.3 Å². The van der Waals surface area contributed by atoms with Gasteiger partial charge in [-0.25, -0.2) is 0 Å². The van der Waals surface area contributed by atoms with Gasteiger partial charge in [-0.15, -0.1) is 0 Å². The van der Waals surface area contributed by atoms with Crippen LogP contribution in [0.2, 0.25) is 0 Å². The zero-order valence-electron chi connectivity index (χ0n) is 10.4. The van der Waals surface area contributed by atoms with E-state index in [-0.39, 0.29) is 5.69 Å². The molecule has 0 bridgehead atoms. The van der Waals surface area contributed by atoms with Crippen LogP contribution in [0.25, 0.3) is 10.9 Å². The number of non-ortho nitro benzene ring substituents is 1. The van der Waals surface area contributed by atoms with Gasteiger partial charge in [-0.2, -0.15) is 5.10 Å². The second kappa shape index (κ2) is 5.00. The molecule has 1 N–H and O–H groups in total. The van der Waals surface area contributed by atoms with Crippen LogP contribution in [0.1, 0.15) is 5.56 Å². The largest absolute Gasteiger partial charge is 0.489 e. The molecular formula is C14H11N3O3. The summed E-state index contributed by atoms with van der Waals surface area (Å²) in [6.07, 6.45) is 1.73. The number of H-pyrrole nitrogens is 1. The molecule has 0 aliphatic heterocycles. The molecule has 3 rings (SSSR count). The van der Waals surface area contributed by atoms with Gasteiger partial charge in [0.25, 0.3) is 5.69 Å². The van der Waals surface area contributed by atoms with Crippen LogP contribution in [0, 0.1) is 10.1 Å². The number of benzene rings is 2. The first kappa shape index (κ1) is 12.2. The van der Waals surface area contributed by atoms with E-state index in [1.807, 2.05) is 18.2 Å². The Hall–Kier alpha value is -2.89. The molecule has 0 saturated carbocycles. The molecule has 0 radical (unpaired) electrons. The van der Waals surface area contributed by atoms with E-state index in [0.717, 1.165) is 22.2 Å². The van der Waals surface area contributed by atoms with Crippen LogP contribution >= 0.6 is 0 Å². The lowest BCUT2D eigenvalue weighted by Gasteiger charge is -2.06. The minimum absolute atomic E-state index is 0.0774. The summed E-state index contributed by atoms with van der Waals surface area (Å²) >= 11 is 0. The summed E-state index contributed by atoms with van der Waals surface area (Å²) in [5.41, 5.74) is 1.91. The Labute approximate surface area is 114 Å². The molecule has 0 aliphatic carbocycles. The number of aromatic amines is 1. The minimum atomic E-state index is -0.419. The summed E-state index contributed by atoms with van der Waals surface area (Å²) in [6, 6.07) is 12.0. The molecule has 0 aliphatic rings. The number of nitro groups is 1. The van der Waals surface area contributed by atoms with Crippen molar-refractivity contribution in [3.8, 4) is 5.75 Å². The van der Waals surface area contributed by atoms with Gasteiger partial charge in [0.1, 0.15) is 12.4 Å². The third kappa shape index (κ3) is 2.44. The van der Waals surface area contributed by atoms with E-state index in [1.165, 1.54) is 12.1 Å². The van der Waals surface area contributed by atoms with Crippen molar-refractivity contribution in [2.24, 2.45) is 0 Å². The predicted octanol–water partition coefficient (Wildman–Crippen LogP) is 3.05. The van der Waals surface area contributed by atoms with Crippen molar-refractivity contribution in [3.63, 3.8) is 0 Å². The molecule has 0 atom stereocenters. The molecule has 1 heterocycles. The fraction of sp³-hybridized carbons (Fsp3) is 0.0714. The average Bonchev–Trinajstić information content (AvgIpc) is 2.93. The fourth-order valence-electron chi connectivity index (χ4n) is 1.89. The smallest absolute Gasteiger partial charge is 0.269 e. The summed E-state index contributed by atoms with van der Waals surface area (Å²) in [4.78, 5) is 10.1. The van der Waals surface area contributed by atoms with E-state index in [0.29, 0.717) is 6.61 Å². The van der Waals surface area contributed by atoms with Gasteiger partial charge in [0.2, 0.25) is 0 Å². The number of nitrogens with one attached hydrogen (secondary N) is 1. The molecule has 1 aromatic heterocycles. The number of ether oxygens (including phenoxy) is 1. The van der Waals surface area contributed by atoms with E-state index in [1.54, 1.807) is 18.3 Å². The monoisotopic (exact) mass is 269 g/mol. The van der Waals surface area contributed by atoms with Gasteiger partial charge in [0, 0.05) is 17.5 Å². The Morgan fingerprint density at radius 1 is 1.20 bits per heavy atom. The topological polar surface area (TPSA) is 81.0 Å². The molecule has 0 saturated heterocycles. The Balaban J connectivity index is 1.70. The standard InChI is InChI=1S/C14H11N3O3/c18-17(19)12-3-1-10(2-4-12)9-20-13-5-6-14-11(7-13)8-15-16-14/h1-8H,9H2,(H,15,16). The van der Waals surface area contributed by atoms with Gasteiger partial charge < -0.3 is 4.74 Å². The Morgan fingerprint density at radius 2 is 2.00 bits per heavy atom. The molecule has 20 heavy (non-hydrogen) atoms. The third-order valence-corrected chi connectivity index (χ3v) is 2.96. The van der Waals surface area contributed by atoms with Crippen LogP contribution in [0.4, 0.5) is 5.69 Å². The maximum Gasteiger partial charge on any atom is 0.269 e. The van der Waals surface area contributed by atoms with Gasteiger partial charge in [-0.1, -0.05) is 0 Å². The summed E-state index contributed by atoms with van der Waals surface area (Å²) in [7, 11) is 0. The zero-order chi connectivity index (χ0) is 13.9. The number of nitro benzene ring substituents is 1. The van der Waals surface area contributed by atoms with Crippen LogP contribution in [-0.2, 0) is 6.61 Å². The van der Waals surface area contributed by atoms with E-state index in [9.17, 15) is 10.1 Å². The zero-order valence-corrected chi connectivity index (χ0v) is 10.4. The highest BCUT2D eigenvalue weighted by Crippen LogP contribution is 2.20. The van der Waals surface area contributed by atoms with Crippen molar-refractivity contribution in [2.45, 2.75) is 6.61 Å². The van der Waals surface area contributed by atoms with Crippen molar-refractivity contribution >= 4 is 16.6 Å². The van der Waals surface area contributed by atoms with E-state index >= 15 is 0 Å². The highest BCUT2D eigenvalue weighted by atomic mass is 16.6. The molecule has 2 aromatic carbocycles. The molecule has 6 nitrogen and oxygen atoms in total. The van der Waals surface area contributed by atoms with Crippen LogP contribution < -0.4 is 4.74 Å². The molecule has 100 valence electrons. The normalized spacial score (nSPS) is 10.6. The van der Waals surface area contributed by atoms with Crippen molar-refractivity contribution in [1.82, 2.24) is 10.2 Å². The van der Waals surface area contributed by atoms with Crippen LogP contribution in [-0.4, -0.2) is 15.1 Å². The third-order valence-electron chi connectivity index (χ3n) is 2.96. The van der Waals surface area contributed by atoms with E-state index in [2.05, 4.69) is 10.2 Å². The Kier molecular flexibility index (Phi) is 3.04. The first-order chi connectivity index (χ1) is 9.72. The summed E-state index contributed by atoms with van der Waals surface area (Å²) < 4.78 is 5.66. The van der Waals surface area contributed by atoms with Gasteiger partial charge in [0.05, 0.1) is 16.6 Å². The lowest BCUT2D eigenvalue weighted by molar-refractivity contribution is -0.384. The first-order valence-electron chi connectivity index (χ1n) is 6.01. The molecule has 0 spiro atoms. The molecular weight excluding hydrogens is 258 g/mol. The maximum atomic E-state index is 10.6. The van der Waals surface area contributed by atoms with E-state index < -0.39 is 4.92 Å². The number of hydrogen-bond acceptors (Lipinski definition) is 4. The van der Waals surface area contributed by atoms with Gasteiger partial charge in [-0.3, -0.25) is 15.2 Å². The lowest BCUT2D eigenvalue weighted by Crippen LogP contribution is -1.96. The number of aromatic nitrogens is 2. The summed E-state index contributed by atoms with van der Waals surface area (Å²) in [5, 5.41) is 18.3. The quantitative estimate of drug-likeness (QED) is 0.583. The highest BCUT2D eigenvalue weighted by Gasteiger charge is 2.04. The van der Waals surface area contributed by atoms with Crippen molar-refractivity contribution < 1.29 is 9.66 Å². The average molecular weight is 269 g/mol. The van der Waals surface area contributed by atoms with Crippen LogP contribution in [0.3, 0.4) is 0 Å². The second-order valence-corrected chi connectivity index (χ2v) is 4.33. The van der Waals surface area contributed by atoms with Gasteiger partial charge in [-0.05, 0) is 35.9 Å². The first-order valence-corrected chi connectivity index (χ1v) is 6.01. The van der Waals surface area contributed by atoms with Crippen molar-refractivity contribution in [2.75, 3.05) is 0 Å². The van der Waals surface area contributed by atoms with Crippen LogP contribution in [0.5, 0.6) is 5.75 Å². The Morgan fingerprint density at radius 3 is 2.75 bits per heavy atom. The lowest BCUT2D eigenvalue weighted by atomic mass is 10.2. The predicted molar refractivity (Wildman–Crippen MR) is 73.5 cm³/mol. The molecule has 6 heteroatoms. The van der Waals surface area contributed by atoms with Gasteiger partial charge >= 0.3 is 0 Å². The minimum Gasteiger partial charge on any atom is -0.489 e. The number of rotatable bonds is 4. The maximum absolute atomic E-state index is 10.6. The second-order valence-electron chi connectivity index (χ2n) is 4.33. The van der Waals surface area contributed by atoms with Crippen molar-refractivity contribution in [1.29, 1.82) is 0 Å². The fourth-order valence-corrected chi connectivity index (χ4v) is 1.89. The summed E-state index contributed by atoms with van der Waals surface area (Å²) in [6.45, 7) is 0.362. The Bertz CT molecular complexity index is 750. The van der Waals surface area contributed by atoms with E-state index in [4.69, 9.17) is 4.74 Å². The van der Waals surface area contributed by atoms with Gasteiger partial charge in [0.15, 0.2) is 0 Å². The number of fused-ring (bicyclic) bond motifs is 1. The number of nitrogens with zero attached hydrogens (tertiary/aromatic N) is 2.